The number of amides is 1. The summed E-state index contributed by atoms with van der Waals surface area (Å²) in [5, 5.41) is 6.27. The monoisotopic (exact) mass is 226 g/mol. The molecule has 16 heavy (non-hydrogen) atoms. The highest BCUT2D eigenvalue weighted by Crippen LogP contribution is 2.39. The van der Waals surface area contributed by atoms with E-state index in [0.29, 0.717) is 5.41 Å². The molecule has 2 fully saturated rings. The number of carbonyl (C=O) groups is 1. The lowest BCUT2D eigenvalue weighted by atomic mass is 9.68. The Hall–Kier alpha value is -0.610. The Morgan fingerprint density at radius 2 is 2.19 bits per heavy atom. The predicted molar refractivity (Wildman–Crippen MR) is 62.2 cm³/mol. The fourth-order valence-electron chi connectivity index (χ4n) is 2.64. The first kappa shape index (κ1) is 11.9. The van der Waals surface area contributed by atoms with Crippen LogP contribution < -0.4 is 10.6 Å². The summed E-state index contributed by atoms with van der Waals surface area (Å²) in [5.41, 5.74) is 0.309. The van der Waals surface area contributed by atoms with Crippen molar-refractivity contribution in [1.82, 2.24) is 10.6 Å². The lowest BCUT2D eigenvalue weighted by Gasteiger charge is -2.42. The molecule has 0 bridgehead atoms. The van der Waals surface area contributed by atoms with E-state index >= 15 is 0 Å². The molecule has 0 aromatic carbocycles. The van der Waals surface area contributed by atoms with Gasteiger partial charge in [0.15, 0.2) is 0 Å². The fraction of sp³-hybridized carbons (Fsp3) is 0.917. The second-order valence-corrected chi connectivity index (χ2v) is 5.10. The van der Waals surface area contributed by atoms with E-state index in [1.54, 1.807) is 0 Å². The Morgan fingerprint density at radius 1 is 1.38 bits per heavy atom. The lowest BCUT2D eigenvalue weighted by Crippen LogP contribution is -2.49. The van der Waals surface area contributed by atoms with E-state index in [9.17, 15) is 4.79 Å². The Bertz CT molecular complexity index is 245. The predicted octanol–water partition coefficient (Wildman–Crippen LogP) is 0.671. The molecule has 2 N–H and O–H groups in total. The van der Waals surface area contributed by atoms with Crippen LogP contribution in [0.15, 0.2) is 0 Å². The second-order valence-electron chi connectivity index (χ2n) is 5.10. The van der Waals surface area contributed by atoms with Gasteiger partial charge in [-0.25, -0.2) is 0 Å². The molecule has 2 rings (SSSR count). The number of rotatable bonds is 5. The van der Waals surface area contributed by atoms with Crippen molar-refractivity contribution in [1.29, 1.82) is 0 Å². The number of hydrogen-bond acceptors (Lipinski definition) is 3. The fourth-order valence-corrected chi connectivity index (χ4v) is 2.64. The molecule has 0 radical (unpaired) electrons. The van der Waals surface area contributed by atoms with Gasteiger partial charge in [0, 0.05) is 25.1 Å². The molecule has 92 valence electrons. The molecule has 1 unspecified atom stereocenters. The smallest absolute Gasteiger partial charge is 0.249 e. The van der Waals surface area contributed by atoms with Gasteiger partial charge in [-0.05, 0) is 32.7 Å². The summed E-state index contributed by atoms with van der Waals surface area (Å²) < 4.78 is 5.36. The van der Waals surface area contributed by atoms with Crippen molar-refractivity contribution in [3.05, 3.63) is 0 Å². The Morgan fingerprint density at radius 3 is 2.69 bits per heavy atom. The van der Waals surface area contributed by atoms with E-state index in [4.69, 9.17) is 4.74 Å². The van der Waals surface area contributed by atoms with E-state index in [-0.39, 0.29) is 12.0 Å². The van der Waals surface area contributed by atoms with E-state index in [2.05, 4.69) is 10.6 Å². The van der Waals surface area contributed by atoms with Gasteiger partial charge in [0.25, 0.3) is 0 Å². The van der Waals surface area contributed by atoms with Gasteiger partial charge in [-0.15, -0.1) is 0 Å². The normalized spacial score (nSPS) is 27.4. The lowest BCUT2D eigenvalue weighted by molar-refractivity contribution is -0.130. The van der Waals surface area contributed by atoms with Crippen LogP contribution in [0, 0.1) is 5.41 Å². The van der Waals surface area contributed by atoms with Crippen LogP contribution in [0.25, 0.3) is 0 Å². The number of hydrogen-bond donors (Lipinski definition) is 2. The van der Waals surface area contributed by atoms with Gasteiger partial charge < -0.3 is 15.4 Å². The minimum absolute atomic E-state index is 0.0832. The van der Waals surface area contributed by atoms with Crippen LogP contribution in [0.2, 0.25) is 0 Å². The van der Waals surface area contributed by atoms with Crippen LogP contribution in [0.5, 0.6) is 0 Å². The van der Waals surface area contributed by atoms with E-state index in [0.717, 1.165) is 32.5 Å². The maximum absolute atomic E-state index is 11.8. The van der Waals surface area contributed by atoms with Crippen LogP contribution in [-0.2, 0) is 9.53 Å². The summed E-state index contributed by atoms with van der Waals surface area (Å²) in [7, 11) is 1.97. The first-order valence-electron chi connectivity index (χ1n) is 6.30. The Labute approximate surface area is 97.1 Å². The van der Waals surface area contributed by atoms with Gasteiger partial charge in [-0.2, -0.15) is 0 Å². The van der Waals surface area contributed by atoms with Gasteiger partial charge in [-0.3, -0.25) is 4.79 Å². The molecule has 1 saturated carbocycles. The summed E-state index contributed by atoms with van der Waals surface area (Å²) in [6.07, 6.45) is 5.44. The zero-order valence-corrected chi connectivity index (χ0v) is 10.1. The second kappa shape index (κ2) is 5.15. The molecule has 1 aliphatic carbocycles. The molecular weight excluding hydrogens is 204 g/mol. The van der Waals surface area contributed by atoms with Crippen molar-refractivity contribution in [2.75, 3.05) is 26.7 Å². The van der Waals surface area contributed by atoms with Crippen LogP contribution >= 0.6 is 0 Å². The van der Waals surface area contributed by atoms with Crippen LogP contribution in [0.1, 0.15) is 32.1 Å². The first-order valence-corrected chi connectivity index (χ1v) is 6.30. The largest absolute Gasteiger partial charge is 0.368 e. The van der Waals surface area contributed by atoms with Crippen molar-refractivity contribution in [2.45, 2.75) is 38.2 Å². The molecule has 2 aliphatic rings. The van der Waals surface area contributed by atoms with Crippen molar-refractivity contribution >= 4 is 5.91 Å². The topological polar surface area (TPSA) is 50.4 Å². The third-order valence-corrected chi connectivity index (χ3v) is 3.83. The highest BCUT2D eigenvalue weighted by molar-refractivity contribution is 5.81. The van der Waals surface area contributed by atoms with Crippen molar-refractivity contribution in [3.63, 3.8) is 0 Å². The van der Waals surface area contributed by atoms with Gasteiger partial charge in [0.2, 0.25) is 5.91 Å². The van der Waals surface area contributed by atoms with Crippen LogP contribution in [0.3, 0.4) is 0 Å². The molecule has 0 aromatic heterocycles. The average molecular weight is 226 g/mol. The summed E-state index contributed by atoms with van der Waals surface area (Å²) in [4.78, 5) is 11.8. The van der Waals surface area contributed by atoms with E-state index in [1.165, 1.54) is 19.3 Å². The zero-order chi connectivity index (χ0) is 11.4. The average Bonchev–Trinajstić information content (AvgIpc) is 2.74. The SMILES string of the molecule is CNCC1(CNC(=O)C2CCCO2)CCC1. The summed E-state index contributed by atoms with van der Waals surface area (Å²) >= 11 is 0. The highest BCUT2D eigenvalue weighted by Gasteiger charge is 2.37. The maximum Gasteiger partial charge on any atom is 0.249 e. The van der Waals surface area contributed by atoms with Gasteiger partial charge in [-0.1, -0.05) is 6.42 Å². The molecule has 0 spiro atoms. The molecule has 0 aromatic rings. The number of carbonyl (C=O) groups excluding carboxylic acids is 1. The van der Waals surface area contributed by atoms with Crippen LogP contribution in [0.4, 0.5) is 0 Å². The molecule has 1 saturated heterocycles. The van der Waals surface area contributed by atoms with Crippen LogP contribution in [-0.4, -0.2) is 38.8 Å². The molecule has 1 aliphatic heterocycles. The third kappa shape index (κ3) is 2.55. The molecular formula is C12H22N2O2. The van der Waals surface area contributed by atoms with Crippen molar-refractivity contribution in [2.24, 2.45) is 5.41 Å². The first-order chi connectivity index (χ1) is 7.76. The van der Waals surface area contributed by atoms with Gasteiger partial charge in [0.05, 0.1) is 0 Å². The minimum Gasteiger partial charge on any atom is -0.368 e. The quantitative estimate of drug-likeness (QED) is 0.724. The summed E-state index contributed by atoms with van der Waals surface area (Å²) in [5.74, 6) is 0.0832. The number of nitrogens with one attached hydrogen (secondary N) is 2. The van der Waals surface area contributed by atoms with E-state index in [1.807, 2.05) is 7.05 Å². The standard InChI is InChI=1S/C12H22N2O2/c1-13-8-12(5-3-6-12)9-14-11(15)10-4-2-7-16-10/h10,13H,2-9H2,1H3,(H,14,15). The summed E-state index contributed by atoms with van der Waals surface area (Å²) in [6, 6.07) is 0. The zero-order valence-electron chi connectivity index (χ0n) is 10.1. The Balaban J connectivity index is 1.74. The maximum atomic E-state index is 11.8. The van der Waals surface area contributed by atoms with Gasteiger partial charge in [0.1, 0.15) is 6.10 Å². The summed E-state index contributed by atoms with van der Waals surface area (Å²) in [6.45, 7) is 2.53. The van der Waals surface area contributed by atoms with Crippen molar-refractivity contribution in [3.8, 4) is 0 Å². The van der Waals surface area contributed by atoms with E-state index < -0.39 is 0 Å². The molecule has 1 atom stereocenters. The van der Waals surface area contributed by atoms with Gasteiger partial charge >= 0.3 is 0 Å². The molecule has 4 nitrogen and oxygen atoms in total. The third-order valence-electron chi connectivity index (χ3n) is 3.83. The number of ether oxygens (including phenoxy) is 1. The highest BCUT2D eigenvalue weighted by atomic mass is 16.5. The van der Waals surface area contributed by atoms with Crippen molar-refractivity contribution < 1.29 is 9.53 Å². The molecule has 4 heteroatoms. The molecule has 1 heterocycles. The Kier molecular flexibility index (Phi) is 3.82. The molecule has 1 amide bonds. The minimum atomic E-state index is -0.188.